The number of rotatable bonds is 4. The van der Waals surface area contributed by atoms with E-state index in [0.29, 0.717) is 37.7 Å². The molecule has 0 aromatic carbocycles. The van der Waals surface area contributed by atoms with Crippen molar-refractivity contribution in [1.29, 1.82) is 0 Å². The highest BCUT2D eigenvalue weighted by atomic mass is 16.2. The van der Waals surface area contributed by atoms with Crippen molar-refractivity contribution in [2.75, 3.05) is 19.6 Å². The fourth-order valence-corrected chi connectivity index (χ4v) is 3.52. The average Bonchev–Trinajstić information content (AvgIpc) is 2.99. The van der Waals surface area contributed by atoms with Crippen molar-refractivity contribution in [2.24, 2.45) is 5.73 Å². The highest BCUT2D eigenvalue weighted by Crippen LogP contribution is 2.18. The second-order valence-corrected chi connectivity index (χ2v) is 6.73. The van der Waals surface area contributed by atoms with Gasteiger partial charge in [0.15, 0.2) is 0 Å². The van der Waals surface area contributed by atoms with Crippen LogP contribution in [0.3, 0.4) is 0 Å². The fourth-order valence-electron chi connectivity index (χ4n) is 3.52. The van der Waals surface area contributed by atoms with Gasteiger partial charge in [0.2, 0.25) is 11.8 Å². The fraction of sp³-hybridized carbons (Fsp3) is 0.625. The summed E-state index contributed by atoms with van der Waals surface area (Å²) in [6.45, 7) is 6.68. The Bertz CT molecular complexity index is 698. The first-order valence-electron chi connectivity index (χ1n) is 8.54. The van der Waals surface area contributed by atoms with Gasteiger partial charge in [0.1, 0.15) is 11.5 Å². The molecule has 0 spiro atoms. The van der Waals surface area contributed by atoms with Gasteiger partial charge in [-0.15, -0.1) is 0 Å². The van der Waals surface area contributed by atoms with Crippen LogP contribution in [-0.4, -0.2) is 68.8 Å². The zero-order chi connectivity index (χ0) is 18.1. The monoisotopic (exact) mass is 348 g/mol. The van der Waals surface area contributed by atoms with Crippen LogP contribution in [0.1, 0.15) is 36.6 Å². The maximum atomic E-state index is 12.7. The molecular formula is C16H24N6O3. The van der Waals surface area contributed by atoms with Gasteiger partial charge in [0, 0.05) is 32.2 Å². The summed E-state index contributed by atoms with van der Waals surface area (Å²) < 4.78 is 1.75. The molecule has 2 aliphatic rings. The van der Waals surface area contributed by atoms with E-state index in [2.05, 4.69) is 15.2 Å². The Morgan fingerprint density at radius 2 is 2.12 bits per heavy atom. The molecule has 9 nitrogen and oxygen atoms in total. The third-order valence-electron chi connectivity index (χ3n) is 4.87. The summed E-state index contributed by atoms with van der Waals surface area (Å²) in [6.07, 6.45) is 1.59. The van der Waals surface area contributed by atoms with Gasteiger partial charge in [-0.2, -0.15) is 0 Å². The number of carbonyl (C=O) groups excluding carboxylic acids is 3. The molecule has 25 heavy (non-hydrogen) atoms. The van der Waals surface area contributed by atoms with Gasteiger partial charge in [0.25, 0.3) is 5.91 Å². The lowest BCUT2D eigenvalue weighted by atomic mass is 10.1. The Morgan fingerprint density at radius 1 is 1.36 bits per heavy atom. The number of aromatic nitrogens is 2. The molecule has 0 aliphatic carbocycles. The van der Waals surface area contributed by atoms with E-state index in [1.54, 1.807) is 9.47 Å². The van der Waals surface area contributed by atoms with Crippen LogP contribution in [0.2, 0.25) is 0 Å². The topological polar surface area (TPSA) is 114 Å². The molecule has 2 aliphatic heterocycles. The van der Waals surface area contributed by atoms with Crippen molar-refractivity contribution in [3.05, 3.63) is 17.7 Å². The molecule has 1 atom stereocenters. The maximum Gasteiger partial charge on any atom is 0.266 e. The van der Waals surface area contributed by atoms with Crippen molar-refractivity contribution in [3.8, 4) is 0 Å². The molecule has 1 saturated heterocycles. The van der Waals surface area contributed by atoms with Crippen LogP contribution in [0.4, 0.5) is 0 Å². The molecule has 0 radical (unpaired) electrons. The molecule has 9 heteroatoms. The minimum atomic E-state index is -0.523. The van der Waals surface area contributed by atoms with E-state index in [0.717, 1.165) is 6.54 Å². The molecule has 0 bridgehead atoms. The zero-order valence-corrected chi connectivity index (χ0v) is 14.6. The molecule has 0 unspecified atom stereocenters. The second-order valence-electron chi connectivity index (χ2n) is 6.73. The van der Waals surface area contributed by atoms with Crippen molar-refractivity contribution >= 4 is 17.7 Å². The van der Waals surface area contributed by atoms with Gasteiger partial charge < -0.3 is 20.5 Å². The van der Waals surface area contributed by atoms with E-state index >= 15 is 0 Å². The standard InChI is InChI=1S/C16H24N6O3/c1-10(2)21-4-3-18-16(25)11(21)7-14(23)20-5-6-22-12(15(17)24)8-19-13(22)9-20/h8,10-11H,3-7,9H2,1-2H3,(H2,17,24)(H,18,25)/t11-/m1/s1. The maximum absolute atomic E-state index is 12.7. The number of nitrogens with two attached hydrogens (primary N) is 1. The van der Waals surface area contributed by atoms with Crippen LogP contribution < -0.4 is 11.1 Å². The van der Waals surface area contributed by atoms with E-state index in [-0.39, 0.29) is 24.3 Å². The smallest absolute Gasteiger partial charge is 0.266 e. The Morgan fingerprint density at radius 3 is 2.80 bits per heavy atom. The third-order valence-corrected chi connectivity index (χ3v) is 4.87. The van der Waals surface area contributed by atoms with E-state index in [1.807, 2.05) is 13.8 Å². The Labute approximate surface area is 146 Å². The third kappa shape index (κ3) is 3.37. The predicted octanol–water partition coefficient (Wildman–Crippen LogP) is -1.08. The van der Waals surface area contributed by atoms with E-state index in [1.165, 1.54) is 6.20 Å². The molecule has 3 rings (SSSR count). The minimum absolute atomic E-state index is 0.0809. The van der Waals surface area contributed by atoms with Gasteiger partial charge >= 0.3 is 0 Å². The molecule has 0 saturated carbocycles. The van der Waals surface area contributed by atoms with E-state index in [9.17, 15) is 14.4 Å². The number of piperazine rings is 1. The summed E-state index contributed by atoms with van der Waals surface area (Å²) in [7, 11) is 0. The summed E-state index contributed by atoms with van der Waals surface area (Å²) in [5.41, 5.74) is 5.69. The second kappa shape index (κ2) is 6.83. The van der Waals surface area contributed by atoms with Crippen LogP contribution in [0.5, 0.6) is 0 Å². The first-order valence-corrected chi connectivity index (χ1v) is 8.54. The summed E-state index contributed by atoms with van der Waals surface area (Å²) in [4.78, 5) is 44.3. The molecule has 3 N–H and O–H groups in total. The number of hydrogen-bond acceptors (Lipinski definition) is 5. The summed E-state index contributed by atoms with van der Waals surface area (Å²) >= 11 is 0. The number of carbonyl (C=O) groups is 3. The number of nitrogens with one attached hydrogen (secondary N) is 1. The lowest BCUT2D eigenvalue weighted by Gasteiger charge is -2.38. The number of nitrogens with zero attached hydrogens (tertiary/aromatic N) is 4. The van der Waals surface area contributed by atoms with Crippen LogP contribution in [0.25, 0.3) is 0 Å². The quantitative estimate of drug-likeness (QED) is 0.719. The van der Waals surface area contributed by atoms with Crippen molar-refractivity contribution in [2.45, 2.75) is 45.4 Å². The normalized spacial score (nSPS) is 21.2. The van der Waals surface area contributed by atoms with Gasteiger partial charge in [-0.3, -0.25) is 19.3 Å². The van der Waals surface area contributed by atoms with Crippen LogP contribution in [0, 0.1) is 0 Å². The largest absolute Gasteiger partial charge is 0.364 e. The van der Waals surface area contributed by atoms with Gasteiger partial charge in [-0.1, -0.05) is 0 Å². The molecule has 1 aromatic heterocycles. The van der Waals surface area contributed by atoms with Gasteiger partial charge in [-0.05, 0) is 13.8 Å². The predicted molar refractivity (Wildman–Crippen MR) is 89.4 cm³/mol. The number of hydrogen-bond donors (Lipinski definition) is 2. The molecule has 1 fully saturated rings. The number of amides is 3. The van der Waals surface area contributed by atoms with Gasteiger partial charge in [0.05, 0.1) is 25.2 Å². The summed E-state index contributed by atoms with van der Waals surface area (Å²) in [5, 5.41) is 2.84. The first kappa shape index (κ1) is 17.4. The SMILES string of the molecule is CC(C)N1CCNC(=O)[C@H]1CC(=O)N1CCn2c(C(N)=O)cnc2C1. The molecular weight excluding hydrogens is 324 g/mol. The van der Waals surface area contributed by atoms with Crippen molar-refractivity contribution < 1.29 is 14.4 Å². The summed E-state index contributed by atoms with van der Waals surface area (Å²) in [5.74, 6) is -0.0578. The zero-order valence-electron chi connectivity index (χ0n) is 14.6. The highest BCUT2D eigenvalue weighted by Gasteiger charge is 2.35. The minimum Gasteiger partial charge on any atom is -0.364 e. The molecule has 3 amide bonds. The molecule has 136 valence electrons. The highest BCUT2D eigenvalue weighted by molar-refractivity contribution is 5.91. The van der Waals surface area contributed by atoms with E-state index < -0.39 is 11.9 Å². The number of fused-ring (bicyclic) bond motifs is 1. The first-order chi connectivity index (χ1) is 11.9. The van der Waals surface area contributed by atoms with Gasteiger partial charge in [-0.25, -0.2) is 4.98 Å². The lowest BCUT2D eigenvalue weighted by Crippen LogP contribution is -2.58. The van der Waals surface area contributed by atoms with Crippen LogP contribution >= 0.6 is 0 Å². The van der Waals surface area contributed by atoms with Crippen molar-refractivity contribution in [1.82, 2.24) is 24.7 Å². The Hall–Kier alpha value is -2.42. The van der Waals surface area contributed by atoms with E-state index in [4.69, 9.17) is 5.73 Å². The van der Waals surface area contributed by atoms with Crippen LogP contribution in [0.15, 0.2) is 6.20 Å². The lowest BCUT2D eigenvalue weighted by molar-refractivity contribution is -0.140. The molecule has 3 heterocycles. The summed E-state index contributed by atoms with van der Waals surface area (Å²) in [6, 6.07) is -0.244. The Balaban J connectivity index is 1.69. The van der Waals surface area contributed by atoms with Crippen LogP contribution in [-0.2, 0) is 22.7 Å². The van der Waals surface area contributed by atoms with Crippen molar-refractivity contribution in [3.63, 3.8) is 0 Å². The number of primary amides is 1. The molecule has 1 aromatic rings. The Kier molecular flexibility index (Phi) is 4.76. The number of imidazole rings is 1. The average molecular weight is 348 g/mol.